The second-order valence-corrected chi connectivity index (χ2v) is 22.2. The predicted molar refractivity (Wildman–Crippen MR) is 234 cm³/mol. The van der Waals surface area contributed by atoms with Gasteiger partial charge in [-0.05, 0) is 64.0 Å². The van der Waals surface area contributed by atoms with Gasteiger partial charge in [0.15, 0.2) is 9.84 Å². The molecule has 5 N–H and O–H groups in total. The zero-order chi connectivity index (χ0) is 43.9. The van der Waals surface area contributed by atoms with Crippen molar-refractivity contribution < 1.29 is 41.4 Å². The third-order valence-electron chi connectivity index (χ3n) is 11.3. The fourth-order valence-electron chi connectivity index (χ4n) is 7.65. The third kappa shape index (κ3) is 15.8. The fraction of sp³-hybridized carbons (Fsp3) is 0.636. The van der Waals surface area contributed by atoms with E-state index >= 15 is 0 Å². The van der Waals surface area contributed by atoms with Crippen LogP contribution in [0.2, 0.25) is 0 Å². The summed E-state index contributed by atoms with van der Waals surface area (Å²) in [6.07, 6.45) is 6.54. The largest absolute Gasteiger partial charge is 0.389 e. The third-order valence-corrected chi connectivity index (χ3v) is 15.4. The molecule has 1 fully saturated rings. The van der Waals surface area contributed by atoms with Crippen molar-refractivity contribution >= 4 is 31.8 Å². The van der Waals surface area contributed by atoms with Crippen LogP contribution < -0.4 is 15.4 Å². The first kappa shape index (κ1) is 49.3. The number of hydrogen-bond donors (Lipinski definition) is 5. The van der Waals surface area contributed by atoms with Crippen molar-refractivity contribution in [2.24, 2.45) is 11.8 Å². The molecule has 0 saturated heterocycles. The first-order chi connectivity index (χ1) is 28.4. The number of carbonyl (C=O) groups is 2. The number of aliphatic hydroxyl groups excluding tert-OH is 2. The number of ether oxygens (including phenoxy) is 1. The number of imide groups is 1. The zero-order valence-corrected chi connectivity index (χ0v) is 37.7. The molecule has 2 unspecified atom stereocenters. The van der Waals surface area contributed by atoms with E-state index in [-0.39, 0.29) is 32.4 Å². The minimum Gasteiger partial charge on any atom is -0.389 e. The summed E-state index contributed by atoms with van der Waals surface area (Å²) < 4.78 is 59.6. The van der Waals surface area contributed by atoms with Gasteiger partial charge in [0.05, 0.1) is 41.0 Å². The summed E-state index contributed by atoms with van der Waals surface area (Å²) in [6, 6.07) is 17.1. The van der Waals surface area contributed by atoms with Crippen LogP contribution in [0.3, 0.4) is 0 Å². The number of carbonyl (C=O) groups excluding carboxylic acids is 2. The Kier molecular flexibility index (Phi) is 19.0. The molecule has 3 amide bonds. The van der Waals surface area contributed by atoms with Crippen molar-refractivity contribution in [3.63, 3.8) is 0 Å². The van der Waals surface area contributed by atoms with Gasteiger partial charge in [0.1, 0.15) is 13.4 Å². The van der Waals surface area contributed by atoms with E-state index in [9.17, 15) is 36.6 Å². The maximum atomic E-state index is 13.8. The number of rotatable bonds is 23. The molecule has 4 rings (SSSR count). The molecule has 1 heterocycles. The molecule has 60 heavy (non-hydrogen) atoms. The van der Waals surface area contributed by atoms with Crippen molar-refractivity contribution in [1.29, 1.82) is 0 Å². The standard InChI is InChI=1S/C44H69N5O9S2/c1-6-7-23-45-60(56,57)30-40(50)41(51)39(26-35-19-13-9-14-20-35)46-33(2)24-38-27-48(31-49(38)32-58-28-36-21-15-10-16-22-36)43(53)47-42(52)37(25-34-17-11-8-12-18-34)29-59(54,55)44(3,4)5/h8,10-12,15-18,21-22,27,33,35,37,39-41,45-46,50-51H,6-7,9,13-14,19-20,23-26,28-32H2,1-5H3,(H,47,52,53)/t33?,37?,39-,40+,41-/m0/s1. The number of sulfonamides is 1. The van der Waals surface area contributed by atoms with Crippen LogP contribution in [0, 0.1) is 11.8 Å². The van der Waals surface area contributed by atoms with Gasteiger partial charge in [-0.2, -0.15) is 0 Å². The highest BCUT2D eigenvalue weighted by molar-refractivity contribution is 7.92. The lowest BCUT2D eigenvalue weighted by atomic mass is 9.83. The summed E-state index contributed by atoms with van der Waals surface area (Å²) in [5.74, 6) is -2.46. The minimum atomic E-state index is -3.82. The van der Waals surface area contributed by atoms with Gasteiger partial charge in [0, 0.05) is 36.9 Å². The molecule has 0 bridgehead atoms. The van der Waals surface area contributed by atoms with Crippen molar-refractivity contribution in [2.75, 3.05) is 31.4 Å². The number of nitrogens with one attached hydrogen (secondary N) is 3. The Morgan fingerprint density at radius 1 is 0.900 bits per heavy atom. The SMILES string of the molecule is CCCCNS(=O)(=O)C[C@@H](O)[C@@H](O)[C@H](CC1CCCCC1)NC(C)CC1=CN(C(=O)NC(=O)C(Cc2ccccc2)CS(=O)(=O)C(C)(C)C)CN1COCc1ccccc1. The molecule has 1 saturated carbocycles. The van der Waals surface area contributed by atoms with Gasteiger partial charge < -0.3 is 25.2 Å². The number of aliphatic hydroxyl groups is 2. The lowest BCUT2D eigenvalue weighted by Crippen LogP contribution is -2.52. The highest BCUT2D eigenvalue weighted by Crippen LogP contribution is 2.30. The molecular formula is C44H69N5O9S2. The van der Waals surface area contributed by atoms with Crippen molar-refractivity contribution in [2.45, 2.75) is 134 Å². The Morgan fingerprint density at radius 2 is 1.53 bits per heavy atom. The summed E-state index contributed by atoms with van der Waals surface area (Å²) >= 11 is 0. The molecule has 1 aliphatic heterocycles. The maximum Gasteiger partial charge on any atom is 0.329 e. The Balaban J connectivity index is 1.52. The zero-order valence-electron chi connectivity index (χ0n) is 36.1. The summed E-state index contributed by atoms with van der Waals surface area (Å²) in [5, 5.41) is 28.5. The lowest BCUT2D eigenvalue weighted by molar-refractivity contribution is -0.123. The van der Waals surface area contributed by atoms with Gasteiger partial charge in [-0.1, -0.05) is 106 Å². The second kappa shape index (κ2) is 23.2. The van der Waals surface area contributed by atoms with Crippen molar-refractivity contribution in [3.8, 4) is 0 Å². The molecular weight excluding hydrogens is 807 g/mol. The lowest BCUT2D eigenvalue weighted by Gasteiger charge is -2.34. The number of nitrogens with zero attached hydrogens (tertiary/aromatic N) is 2. The normalized spacial score (nSPS) is 18.1. The predicted octanol–water partition coefficient (Wildman–Crippen LogP) is 5.03. The average Bonchev–Trinajstić information content (AvgIpc) is 3.59. The van der Waals surface area contributed by atoms with Gasteiger partial charge in [-0.3, -0.25) is 15.0 Å². The van der Waals surface area contributed by atoms with Crippen LogP contribution in [-0.2, 0) is 42.4 Å². The molecule has 5 atom stereocenters. The van der Waals surface area contributed by atoms with Crippen LogP contribution in [0.25, 0.3) is 0 Å². The van der Waals surface area contributed by atoms with Crippen LogP contribution in [0.1, 0.15) is 104 Å². The highest BCUT2D eigenvalue weighted by atomic mass is 32.2. The van der Waals surface area contributed by atoms with Crippen LogP contribution >= 0.6 is 0 Å². The highest BCUT2D eigenvalue weighted by Gasteiger charge is 2.37. The number of unbranched alkanes of at least 4 members (excludes halogenated alkanes) is 1. The van der Waals surface area contributed by atoms with E-state index in [0.29, 0.717) is 37.5 Å². The molecule has 2 aliphatic rings. The van der Waals surface area contributed by atoms with Crippen LogP contribution in [-0.4, -0.2) is 109 Å². The topological polar surface area (TPSA) is 195 Å². The molecule has 0 aromatic heterocycles. The quantitative estimate of drug-likeness (QED) is 0.0941. The molecule has 1 aliphatic carbocycles. The molecule has 16 heteroatoms. The molecule has 14 nitrogen and oxygen atoms in total. The van der Waals surface area contributed by atoms with Crippen LogP contribution in [0.4, 0.5) is 4.79 Å². The smallest absolute Gasteiger partial charge is 0.329 e. The van der Waals surface area contributed by atoms with Gasteiger partial charge >= 0.3 is 6.03 Å². The fourth-order valence-corrected chi connectivity index (χ4v) is 10.2. The number of hydrogen-bond acceptors (Lipinski definition) is 11. The number of benzene rings is 2. The Labute approximate surface area is 358 Å². The summed E-state index contributed by atoms with van der Waals surface area (Å²) in [7, 11) is -7.55. The van der Waals surface area contributed by atoms with Gasteiger partial charge in [0.25, 0.3) is 0 Å². The molecule has 2 aromatic rings. The Hall–Kier alpha value is -3.38. The van der Waals surface area contributed by atoms with Crippen LogP contribution in [0.15, 0.2) is 72.6 Å². The number of sulfone groups is 1. The van der Waals surface area contributed by atoms with Crippen molar-refractivity contribution in [3.05, 3.63) is 83.7 Å². The van der Waals surface area contributed by atoms with E-state index < -0.39 is 72.2 Å². The minimum absolute atomic E-state index is 0.0509. The summed E-state index contributed by atoms with van der Waals surface area (Å²) in [4.78, 5) is 30.8. The molecule has 0 spiro atoms. The van der Waals surface area contributed by atoms with E-state index in [1.807, 2.05) is 79.4 Å². The van der Waals surface area contributed by atoms with Crippen LogP contribution in [0.5, 0.6) is 0 Å². The second-order valence-electron chi connectivity index (χ2n) is 17.5. The monoisotopic (exact) mass is 875 g/mol. The average molecular weight is 876 g/mol. The molecule has 336 valence electrons. The van der Waals surface area contributed by atoms with E-state index in [2.05, 4.69) is 15.4 Å². The summed E-state index contributed by atoms with van der Waals surface area (Å²) in [6.45, 7) is 9.39. The first-order valence-corrected chi connectivity index (χ1v) is 24.7. The summed E-state index contributed by atoms with van der Waals surface area (Å²) in [5.41, 5.74) is 2.44. The van der Waals surface area contributed by atoms with Crippen molar-refractivity contribution in [1.82, 2.24) is 25.2 Å². The molecule has 2 aromatic carbocycles. The maximum absolute atomic E-state index is 13.8. The Bertz CT molecular complexity index is 1890. The van der Waals surface area contributed by atoms with E-state index in [4.69, 9.17) is 4.74 Å². The Morgan fingerprint density at radius 3 is 2.15 bits per heavy atom. The van der Waals surface area contributed by atoms with Gasteiger partial charge in [-0.15, -0.1) is 0 Å². The van der Waals surface area contributed by atoms with E-state index in [0.717, 1.165) is 49.7 Å². The van der Waals surface area contributed by atoms with Gasteiger partial charge in [0.2, 0.25) is 15.9 Å². The first-order valence-electron chi connectivity index (χ1n) is 21.4. The molecule has 0 radical (unpaired) electrons. The van der Waals surface area contributed by atoms with Gasteiger partial charge in [-0.25, -0.2) is 26.4 Å². The van der Waals surface area contributed by atoms with E-state index in [1.165, 1.54) is 4.90 Å². The number of urea groups is 1. The number of amides is 3. The van der Waals surface area contributed by atoms with E-state index in [1.54, 1.807) is 27.0 Å².